The number of benzene rings is 1. The topological polar surface area (TPSA) is 52.3 Å². The number of thiol groups is 1. The summed E-state index contributed by atoms with van der Waals surface area (Å²) in [6, 6.07) is 3.50. The molecule has 0 atom stereocenters. The van der Waals surface area contributed by atoms with Crippen molar-refractivity contribution in [2.75, 3.05) is 7.11 Å². The normalized spacial score (nSPS) is 16.1. The Kier molecular flexibility index (Phi) is 3.62. The zero-order chi connectivity index (χ0) is 12.4. The minimum Gasteiger partial charge on any atom is -0.496 e. The Bertz CT molecular complexity index is 439. The summed E-state index contributed by atoms with van der Waals surface area (Å²) in [5.41, 5.74) is 6.87. The first-order chi connectivity index (χ1) is 8.15. The van der Waals surface area contributed by atoms with E-state index in [-0.39, 0.29) is 0 Å². The van der Waals surface area contributed by atoms with Crippen molar-refractivity contribution in [1.29, 1.82) is 0 Å². The number of primary amides is 1. The van der Waals surface area contributed by atoms with Gasteiger partial charge in [0.2, 0.25) is 5.91 Å². The van der Waals surface area contributed by atoms with Crippen molar-refractivity contribution in [3.63, 3.8) is 0 Å². The first-order valence-electron chi connectivity index (χ1n) is 5.84. The van der Waals surface area contributed by atoms with Gasteiger partial charge in [-0.05, 0) is 30.9 Å². The molecule has 0 aromatic heterocycles. The highest BCUT2D eigenvalue weighted by molar-refractivity contribution is 7.80. The molecule has 0 radical (unpaired) electrons. The number of carbonyl (C=O) groups excluding carboxylic acids is 1. The Hall–Kier alpha value is -1.16. The van der Waals surface area contributed by atoms with Gasteiger partial charge in [-0.25, -0.2) is 0 Å². The zero-order valence-corrected chi connectivity index (χ0v) is 10.8. The van der Waals surface area contributed by atoms with Gasteiger partial charge >= 0.3 is 0 Å². The molecule has 0 aliphatic heterocycles. The van der Waals surface area contributed by atoms with Crippen molar-refractivity contribution in [2.45, 2.75) is 36.5 Å². The first kappa shape index (κ1) is 12.3. The quantitative estimate of drug-likeness (QED) is 0.812. The summed E-state index contributed by atoms with van der Waals surface area (Å²) < 4.78 is 5.37. The number of carbonyl (C=O) groups is 1. The molecule has 1 saturated carbocycles. The minimum atomic E-state index is -0.433. The zero-order valence-electron chi connectivity index (χ0n) is 9.90. The van der Waals surface area contributed by atoms with Crippen molar-refractivity contribution in [2.24, 2.45) is 5.73 Å². The lowest BCUT2D eigenvalue weighted by molar-refractivity contribution is 0.0997. The monoisotopic (exact) mass is 251 g/mol. The van der Waals surface area contributed by atoms with Crippen molar-refractivity contribution in [1.82, 2.24) is 0 Å². The van der Waals surface area contributed by atoms with E-state index >= 15 is 0 Å². The Labute approximate surface area is 107 Å². The third-order valence-corrected chi connectivity index (χ3v) is 3.91. The Morgan fingerprint density at radius 3 is 2.59 bits per heavy atom. The minimum absolute atomic E-state index is 0.433. The summed E-state index contributed by atoms with van der Waals surface area (Å²) >= 11 is 4.47. The van der Waals surface area contributed by atoms with E-state index in [0.29, 0.717) is 16.4 Å². The second-order valence-corrected chi connectivity index (χ2v) is 4.87. The van der Waals surface area contributed by atoms with Gasteiger partial charge < -0.3 is 10.5 Å². The molecule has 1 aromatic carbocycles. The summed E-state index contributed by atoms with van der Waals surface area (Å²) in [7, 11) is 1.64. The number of nitrogens with two attached hydrogens (primary N) is 1. The van der Waals surface area contributed by atoms with Crippen molar-refractivity contribution < 1.29 is 9.53 Å². The molecule has 0 unspecified atom stereocenters. The largest absolute Gasteiger partial charge is 0.496 e. The standard InChI is InChI=1S/C13H17NO2S/c1-16-10-7-6-9(13(14)15)12(17)11(10)8-4-2-3-5-8/h6-8,17H,2-5H2,1H3,(H2,14,15). The van der Waals surface area contributed by atoms with E-state index < -0.39 is 5.91 Å². The molecule has 2 rings (SSSR count). The fourth-order valence-electron chi connectivity index (χ4n) is 2.58. The van der Waals surface area contributed by atoms with Crippen LogP contribution in [-0.2, 0) is 0 Å². The van der Waals surface area contributed by atoms with Crippen LogP contribution in [0.3, 0.4) is 0 Å². The SMILES string of the molecule is COc1ccc(C(N)=O)c(S)c1C1CCCC1. The van der Waals surface area contributed by atoms with E-state index in [0.717, 1.165) is 24.2 Å². The van der Waals surface area contributed by atoms with Crippen molar-refractivity contribution in [3.05, 3.63) is 23.3 Å². The molecule has 1 aliphatic carbocycles. The summed E-state index contributed by atoms with van der Waals surface area (Å²) in [5, 5.41) is 0. The van der Waals surface area contributed by atoms with E-state index in [4.69, 9.17) is 10.5 Å². The van der Waals surface area contributed by atoms with Crippen LogP contribution in [0.5, 0.6) is 5.75 Å². The summed E-state index contributed by atoms with van der Waals surface area (Å²) in [6.45, 7) is 0. The van der Waals surface area contributed by atoms with Gasteiger partial charge in [0.1, 0.15) is 5.75 Å². The van der Waals surface area contributed by atoms with Crippen molar-refractivity contribution in [3.8, 4) is 5.75 Å². The van der Waals surface area contributed by atoms with Crippen LogP contribution in [0.25, 0.3) is 0 Å². The second-order valence-electron chi connectivity index (χ2n) is 4.42. The number of hydrogen-bond donors (Lipinski definition) is 2. The molecule has 3 nitrogen and oxygen atoms in total. The van der Waals surface area contributed by atoms with Crippen molar-refractivity contribution >= 4 is 18.5 Å². The predicted octanol–water partition coefficient (Wildman–Crippen LogP) is 2.74. The van der Waals surface area contributed by atoms with Gasteiger partial charge in [0, 0.05) is 10.5 Å². The molecule has 0 bridgehead atoms. The van der Waals surface area contributed by atoms with Crippen LogP contribution in [0.4, 0.5) is 0 Å². The average Bonchev–Trinajstić information content (AvgIpc) is 2.81. The number of rotatable bonds is 3. The van der Waals surface area contributed by atoms with Gasteiger partial charge in [0.15, 0.2) is 0 Å². The highest BCUT2D eigenvalue weighted by Gasteiger charge is 2.25. The molecule has 92 valence electrons. The third kappa shape index (κ3) is 2.27. The van der Waals surface area contributed by atoms with Gasteiger partial charge in [0.05, 0.1) is 12.7 Å². The van der Waals surface area contributed by atoms with E-state index in [1.807, 2.05) is 6.07 Å². The maximum Gasteiger partial charge on any atom is 0.249 e. The fraction of sp³-hybridized carbons (Fsp3) is 0.462. The van der Waals surface area contributed by atoms with Crippen LogP contribution in [-0.4, -0.2) is 13.0 Å². The van der Waals surface area contributed by atoms with Crippen LogP contribution in [0.2, 0.25) is 0 Å². The van der Waals surface area contributed by atoms with Crippen LogP contribution in [0, 0.1) is 0 Å². The van der Waals surface area contributed by atoms with Gasteiger partial charge in [0.25, 0.3) is 0 Å². The van der Waals surface area contributed by atoms with Gasteiger partial charge in [-0.2, -0.15) is 0 Å². The fourth-order valence-corrected chi connectivity index (χ4v) is 3.05. The third-order valence-electron chi connectivity index (χ3n) is 3.43. The number of ether oxygens (including phenoxy) is 1. The highest BCUT2D eigenvalue weighted by atomic mass is 32.1. The summed E-state index contributed by atoms with van der Waals surface area (Å²) in [6.07, 6.45) is 4.71. The summed E-state index contributed by atoms with van der Waals surface area (Å²) in [4.78, 5) is 12.0. The molecular formula is C13H17NO2S. The average molecular weight is 251 g/mol. The molecule has 0 heterocycles. The van der Waals surface area contributed by atoms with Crippen LogP contribution >= 0.6 is 12.6 Å². The molecule has 17 heavy (non-hydrogen) atoms. The molecule has 0 spiro atoms. The Balaban J connectivity index is 2.51. The summed E-state index contributed by atoms with van der Waals surface area (Å²) in [5.74, 6) is 0.820. The molecule has 1 amide bonds. The predicted molar refractivity (Wildman–Crippen MR) is 70.0 cm³/mol. The van der Waals surface area contributed by atoms with Gasteiger partial charge in [-0.3, -0.25) is 4.79 Å². The molecule has 1 aliphatic rings. The molecule has 0 saturated heterocycles. The van der Waals surface area contributed by atoms with E-state index in [9.17, 15) is 4.79 Å². The lowest BCUT2D eigenvalue weighted by Gasteiger charge is -2.18. The molecule has 2 N–H and O–H groups in total. The van der Waals surface area contributed by atoms with Crippen LogP contribution in [0.1, 0.15) is 47.5 Å². The van der Waals surface area contributed by atoms with Gasteiger partial charge in [-0.1, -0.05) is 12.8 Å². The lowest BCUT2D eigenvalue weighted by atomic mass is 9.94. The highest BCUT2D eigenvalue weighted by Crippen LogP contribution is 2.42. The lowest BCUT2D eigenvalue weighted by Crippen LogP contribution is -2.13. The first-order valence-corrected chi connectivity index (χ1v) is 6.29. The molecule has 1 aromatic rings. The van der Waals surface area contributed by atoms with E-state index in [1.165, 1.54) is 12.8 Å². The molecular weight excluding hydrogens is 234 g/mol. The Morgan fingerprint density at radius 2 is 2.06 bits per heavy atom. The maximum absolute atomic E-state index is 11.3. The smallest absolute Gasteiger partial charge is 0.249 e. The number of methoxy groups -OCH3 is 1. The van der Waals surface area contributed by atoms with E-state index in [2.05, 4.69) is 12.6 Å². The van der Waals surface area contributed by atoms with Crippen LogP contribution in [0.15, 0.2) is 17.0 Å². The Morgan fingerprint density at radius 1 is 1.41 bits per heavy atom. The molecule has 1 fully saturated rings. The number of amides is 1. The van der Waals surface area contributed by atoms with E-state index in [1.54, 1.807) is 13.2 Å². The number of hydrogen-bond acceptors (Lipinski definition) is 3. The second kappa shape index (κ2) is 5.00. The van der Waals surface area contributed by atoms with Crippen LogP contribution < -0.4 is 10.5 Å². The van der Waals surface area contributed by atoms with Gasteiger partial charge in [-0.15, -0.1) is 12.6 Å². The maximum atomic E-state index is 11.3. The molecule has 4 heteroatoms.